The number of fused-ring (bicyclic) bond motifs is 2. The first-order valence-corrected chi connectivity index (χ1v) is 9.37. The van der Waals surface area contributed by atoms with E-state index >= 15 is 0 Å². The summed E-state index contributed by atoms with van der Waals surface area (Å²) in [7, 11) is 0. The Morgan fingerprint density at radius 3 is 2.89 bits per heavy atom. The van der Waals surface area contributed by atoms with Gasteiger partial charge in [0.05, 0.1) is 23.5 Å². The molecular weight excluding hydrogens is 342 g/mol. The van der Waals surface area contributed by atoms with Crippen LogP contribution in [0.4, 0.5) is 0 Å². The Labute approximate surface area is 157 Å². The van der Waals surface area contributed by atoms with Crippen molar-refractivity contribution < 1.29 is 9.59 Å². The Hall–Kier alpha value is -2.96. The van der Waals surface area contributed by atoms with Crippen LogP contribution in [0.1, 0.15) is 41.4 Å². The summed E-state index contributed by atoms with van der Waals surface area (Å²) in [6.07, 6.45) is 6.02. The molecule has 7 nitrogen and oxygen atoms in total. The van der Waals surface area contributed by atoms with Gasteiger partial charge in [-0.05, 0) is 49.3 Å². The van der Waals surface area contributed by atoms with Gasteiger partial charge in [-0.25, -0.2) is 4.68 Å². The molecular formula is C20H23N5O2. The molecule has 140 valence electrons. The number of hydrogen-bond acceptors (Lipinski definition) is 4. The van der Waals surface area contributed by atoms with Crippen LogP contribution in [0.25, 0.3) is 0 Å². The number of amides is 2. The molecule has 2 N–H and O–H groups in total. The number of nitrogens with zero attached hydrogens (tertiary/aromatic N) is 3. The fourth-order valence-corrected chi connectivity index (χ4v) is 4.06. The van der Waals surface area contributed by atoms with Gasteiger partial charge in [-0.2, -0.15) is 0 Å². The Morgan fingerprint density at radius 2 is 2.04 bits per heavy atom. The molecule has 0 radical (unpaired) electrons. The zero-order valence-electron chi connectivity index (χ0n) is 15.1. The van der Waals surface area contributed by atoms with Gasteiger partial charge < -0.3 is 10.6 Å². The van der Waals surface area contributed by atoms with Crippen molar-refractivity contribution in [2.24, 2.45) is 0 Å². The van der Waals surface area contributed by atoms with Gasteiger partial charge in [0.2, 0.25) is 11.8 Å². The van der Waals surface area contributed by atoms with Crippen molar-refractivity contribution in [3.63, 3.8) is 0 Å². The van der Waals surface area contributed by atoms with Crippen LogP contribution in [0, 0.1) is 0 Å². The van der Waals surface area contributed by atoms with Crippen molar-refractivity contribution in [2.45, 2.75) is 50.7 Å². The van der Waals surface area contributed by atoms with Crippen LogP contribution in [0.5, 0.6) is 0 Å². The molecule has 7 heteroatoms. The van der Waals surface area contributed by atoms with Crippen LogP contribution in [-0.2, 0) is 35.4 Å². The summed E-state index contributed by atoms with van der Waals surface area (Å²) in [6.45, 7) is 3.67. The second-order valence-electron chi connectivity index (χ2n) is 7.11. The number of aromatic nitrogens is 3. The molecule has 0 saturated carbocycles. The van der Waals surface area contributed by atoms with Gasteiger partial charge in [0.1, 0.15) is 6.54 Å². The van der Waals surface area contributed by atoms with E-state index in [0.29, 0.717) is 6.42 Å². The molecule has 2 amide bonds. The molecule has 1 aromatic carbocycles. The van der Waals surface area contributed by atoms with Gasteiger partial charge in [-0.15, -0.1) is 5.10 Å². The van der Waals surface area contributed by atoms with Gasteiger partial charge in [0, 0.05) is 0 Å². The molecule has 1 heterocycles. The first-order valence-electron chi connectivity index (χ1n) is 9.37. The molecule has 2 aliphatic carbocycles. The van der Waals surface area contributed by atoms with E-state index in [0.717, 1.165) is 48.2 Å². The lowest BCUT2D eigenvalue weighted by molar-refractivity contribution is -0.123. The monoisotopic (exact) mass is 365 g/mol. The average Bonchev–Trinajstić information content (AvgIpc) is 3.23. The predicted molar refractivity (Wildman–Crippen MR) is 99.8 cm³/mol. The highest BCUT2D eigenvalue weighted by Crippen LogP contribution is 2.31. The third-order valence-electron chi connectivity index (χ3n) is 5.35. The Morgan fingerprint density at radius 1 is 1.22 bits per heavy atom. The smallest absolute Gasteiger partial charge is 0.243 e. The summed E-state index contributed by atoms with van der Waals surface area (Å²) in [5.41, 5.74) is 4.26. The minimum absolute atomic E-state index is 0.121. The third kappa shape index (κ3) is 3.49. The van der Waals surface area contributed by atoms with Crippen LogP contribution in [0.2, 0.25) is 0 Å². The molecule has 2 aliphatic rings. The van der Waals surface area contributed by atoms with Crippen LogP contribution in [0.3, 0.4) is 0 Å². The number of carbonyl (C=O) groups is 2. The van der Waals surface area contributed by atoms with Gasteiger partial charge in [0.15, 0.2) is 0 Å². The summed E-state index contributed by atoms with van der Waals surface area (Å²) in [5.74, 6) is -0.370. The normalized spacial score (nSPS) is 20.4. The van der Waals surface area contributed by atoms with Gasteiger partial charge >= 0.3 is 0 Å². The van der Waals surface area contributed by atoms with Gasteiger partial charge in [-0.3, -0.25) is 9.59 Å². The summed E-state index contributed by atoms with van der Waals surface area (Å²) >= 11 is 0. The lowest BCUT2D eigenvalue weighted by Crippen LogP contribution is -2.45. The largest absolute Gasteiger partial charge is 0.349 e. The zero-order valence-corrected chi connectivity index (χ0v) is 15.1. The van der Waals surface area contributed by atoms with E-state index in [9.17, 15) is 9.59 Å². The number of benzene rings is 1. The van der Waals surface area contributed by atoms with E-state index in [1.165, 1.54) is 6.08 Å². The molecule has 27 heavy (non-hydrogen) atoms. The van der Waals surface area contributed by atoms with Crippen molar-refractivity contribution in [3.05, 3.63) is 59.4 Å². The number of hydrogen-bond donors (Lipinski definition) is 2. The maximum atomic E-state index is 12.7. The summed E-state index contributed by atoms with van der Waals surface area (Å²) in [6, 6.07) is 7.47. The summed E-state index contributed by atoms with van der Waals surface area (Å²) in [4.78, 5) is 24.5. The number of carbonyl (C=O) groups excluding carboxylic acids is 2. The lowest BCUT2D eigenvalue weighted by Gasteiger charge is -2.23. The lowest BCUT2D eigenvalue weighted by atomic mass is 10.0. The van der Waals surface area contributed by atoms with Crippen LogP contribution in [0.15, 0.2) is 36.9 Å². The van der Waals surface area contributed by atoms with Crippen molar-refractivity contribution in [1.82, 2.24) is 25.6 Å². The van der Waals surface area contributed by atoms with Crippen LogP contribution in [-0.4, -0.2) is 32.9 Å². The van der Waals surface area contributed by atoms with E-state index in [-0.39, 0.29) is 30.4 Å². The predicted octanol–water partition coefficient (Wildman–Crippen LogP) is 1.24. The highest BCUT2D eigenvalue weighted by atomic mass is 16.2. The van der Waals surface area contributed by atoms with E-state index in [4.69, 9.17) is 0 Å². The third-order valence-corrected chi connectivity index (χ3v) is 5.35. The number of aryl methyl sites for hydroxylation is 1. The molecule has 2 atom stereocenters. The van der Waals surface area contributed by atoms with E-state index in [1.54, 1.807) is 4.68 Å². The fourth-order valence-electron chi connectivity index (χ4n) is 4.06. The van der Waals surface area contributed by atoms with Crippen molar-refractivity contribution in [3.8, 4) is 0 Å². The molecule has 0 unspecified atom stereocenters. The summed E-state index contributed by atoms with van der Waals surface area (Å²) in [5, 5.41) is 14.4. The maximum Gasteiger partial charge on any atom is 0.243 e. The minimum Gasteiger partial charge on any atom is -0.349 e. The quantitative estimate of drug-likeness (QED) is 0.781. The van der Waals surface area contributed by atoms with Gasteiger partial charge in [0.25, 0.3) is 0 Å². The zero-order chi connectivity index (χ0) is 18.8. The second-order valence-corrected chi connectivity index (χ2v) is 7.11. The average molecular weight is 365 g/mol. The van der Waals surface area contributed by atoms with E-state index in [1.807, 2.05) is 24.3 Å². The molecule has 0 saturated heterocycles. The molecule has 0 bridgehead atoms. The Bertz CT molecular complexity index is 888. The highest BCUT2D eigenvalue weighted by Gasteiger charge is 2.34. The molecule has 0 aliphatic heterocycles. The molecule has 0 fully saturated rings. The number of nitrogens with one attached hydrogen (secondary N) is 2. The molecule has 4 rings (SSSR count). The van der Waals surface area contributed by atoms with E-state index in [2.05, 4.69) is 27.5 Å². The fraction of sp³-hybridized carbons (Fsp3) is 0.400. The standard InChI is InChI=1S/C20H23N5O2/c1-2-18(26)22-20-14-8-4-3-7-13(14)11-16(20)21-19(27)12-25-17-10-6-5-9-15(17)23-24-25/h2-4,7-8,16,20H,1,5-6,9-12H2,(H,21,27)(H,22,26)/t16-,20-/m1/s1. The first-order chi connectivity index (χ1) is 13.2. The Kier molecular flexibility index (Phi) is 4.75. The molecule has 0 spiro atoms. The van der Waals surface area contributed by atoms with Crippen molar-refractivity contribution >= 4 is 11.8 Å². The second kappa shape index (κ2) is 7.34. The maximum absolute atomic E-state index is 12.7. The summed E-state index contributed by atoms with van der Waals surface area (Å²) < 4.78 is 1.71. The first kappa shape index (κ1) is 17.5. The topological polar surface area (TPSA) is 88.9 Å². The van der Waals surface area contributed by atoms with Crippen molar-refractivity contribution in [2.75, 3.05) is 0 Å². The SMILES string of the molecule is C=CC(=O)N[C@@H]1c2ccccc2C[C@H]1NC(=O)Cn1nnc2c1CCCC2. The Balaban J connectivity index is 1.47. The van der Waals surface area contributed by atoms with Gasteiger partial charge in [-0.1, -0.05) is 36.1 Å². The highest BCUT2D eigenvalue weighted by molar-refractivity contribution is 5.87. The molecule has 2 aromatic rings. The van der Waals surface area contributed by atoms with E-state index < -0.39 is 0 Å². The molecule has 1 aromatic heterocycles. The minimum atomic E-state index is -0.264. The van der Waals surface area contributed by atoms with Crippen LogP contribution < -0.4 is 10.6 Å². The number of rotatable bonds is 5. The van der Waals surface area contributed by atoms with Crippen molar-refractivity contribution in [1.29, 1.82) is 0 Å². The van der Waals surface area contributed by atoms with Crippen LogP contribution >= 0.6 is 0 Å².